The maximum absolute atomic E-state index is 2.36. The van der Waals surface area contributed by atoms with E-state index in [1.807, 2.05) is 0 Å². The molecule has 0 saturated carbocycles. The fourth-order valence-corrected chi connectivity index (χ4v) is 4.13. The molecule has 0 aromatic heterocycles. The van der Waals surface area contributed by atoms with E-state index in [1.54, 1.807) is 10.4 Å². The Morgan fingerprint density at radius 3 is 0.810 bits per heavy atom. The summed E-state index contributed by atoms with van der Waals surface area (Å²) in [5, 5.41) is 3.12. The number of hydrogen-bond acceptors (Lipinski definition) is 0. The topological polar surface area (TPSA) is 0 Å². The third kappa shape index (κ3) is 9.46. The van der Waals surface area contributed by atoms with Crippen LogP contribution >= 0.6 is 0 Å². The average molecular weight is 352 g/mol. The summed E-state index contributed by atoms with van der Waals surface area (Å²) in [6.45, 7) is 14.2. The first-order valence-electron chi connectivity index (χ1n) is 6.65. The Kier molecular flexibility index (Phi) is 13.0. The van der Waals surface area contributed by atoms with E-state index in [1.165, 1.54) is 0 Å². The predicted octanol–water partition coefficient (Wildman–Crippen LogP) is 4.80. The molecule has 0 aliphatic rings. The van der Waals surface area contributed by atoms with Gasteiger partial charge in [0.15, 0.2) is 0 Å². The van der Waals surface area contributed by atoms with Crippen molar-refractivity contribution in [2.75, 3.05) is 0 Å². The zero-order valence-corrected chi connectivity index (χ0v) is 18.7. The van der Waals surface area contributed by atoms with Crippen LogP contribution in [0.1, 0.15) is 0 Å². The quantitative estimate of drug-likeness (QED) is 0.538. The van der Waals surface area contributed by atoms with Crippen LogP contribution in [0.25, 0.3) is 0 Å². The van der Waals surface area contributed by atoms with Gasteiger partial charge in [0, 0.05) is 16.1 Å². The molecule has 2 aromatic rings. The summed E-state index contributed by atoms with van der Waals surface area (Å²) in [6.07, 6.45) is 0. The van der Waals surface area contributed by atoms with Crippen molar-refractivity contribution in [3.05, 3.63) is 63.4 Å². The Hall–Kier alpha value is -0.152. The zero-order valence-electron chi connectivity index (χ0n) is 15.1. The van der Waals surface area contributed by atoms with E-state index in [9.17, 15) is 0 Å². The molecule has 2 aromatic carbocycles. The fraction of sp³-hybridized carbons (Fsp3) is 0.333. The van der Waals surface area contributed by atoms with Gasteiger partial charge in [0.05, 0.1) is 0 Å². The van der Waals surface area contributed by atoms with Gasteiger partial charge in [-0.2, -0.15) is 34.6 Å². The molecule has 0 N–H and O–H groups in total. The molecule has 0 saturated heterocycles. The van der Waals surface area contributed by atoms with Crippen LogP contribution in [-0.4, -0.2) is 16.1 Å². The Morgan fingerprint density at radius 2 is 0.714 bits per heavy atom. The van der Waals surface area contributed by atoms with E-state index >= 15 is 0 Å². The Bertz CT molecular complexity index is 384. The van der Waals surface area contributed by atoms with Crippen molar-refractivity contribution in [3.8, 4) is 0 Å². The van der Waals surface area contributed by atoms with Crippen LogP contribution in [-0.2, 0) is 21.7 Å². The average Bonchev–Trinajstić information content (AvgIpc) is 2.91. The summed E-state index contributed by atoms with van der Waals surface area (Å²) in [5.74, 6) is 0. The van der Waals surface area contributed by atoms with E-state index in [0.717, 1.165) is 0 Å². The molecule has 116 valence electrons. The number of hydrogen-bond donors (Lipinski definition) is 0. The molecule has 0 fully saturated rings. The van der Waals surface area contributed by atoms with Gasteiger partial charge in [-0.15, -0.1) is 0 Å². The minimum absolute atomic E-state index is 0. The van der Waals surface area contributed by atoms with Gasteiger partial charge in [-0.25, -0.2) is 24.3 Å². The van der Waals surface area contributed by atoms with Crippen LogP contribution < -0.4 is 10.4 Å². The monoisotopic (exact) mass is 352 g/mol. The molecule has 0 aliphatic heterocycles. The molecular weight excluding hydrogens is 320 g/mol. The van der Waals surface area contributed by atoms with E-state index in [0.29, 0.717) is 0 Å². The second-order valence-corrected chi connectivity index (χ2v) is 17.0. The van der Waals surface area contributed by atoms with E-state index in [2.05, 4.69) is 87.8 Å². The van der Waals surface area contributed by atoms with Gasteiger partial charge < -0.3 is 14.9 Å². The van der Waals surface area contributed by atoms with Crippen molar-refractivity contribution in [2.24, 2.45) is 0 Å². The van der Waals surface area contributed by atoms with Gasteiger partial charge in [-0.05, 0) is 0 Å². The summed E-state index contributed by atoms with van der Waals surface area (Å²) in [6, 6.07) is 17.4. The third-order valence-corrected chi connectivity index (χ3v) is 7.19. The van der Waals surface area contributed by atoms with Gasteiger partial charge in [-0.3, -0.25) is 0 Å². The van der Waals surface area contributed by atoms with Gasteiger partial charge >= 0.3 is 21.7 Å². The van der Waals surface area contributed by atoms with Crippen LogP contribution in [0.2, 0.25) is 39.3 Å². The molecular formula is C18H32Si2Ti. The minimum Gasteiger partial charge on any atom is -0.358 e. The van der Waals surface area contributed by atoms with Gasteiger partial charge in [0.1, 0.15) is 0 Å². The molecule has 0 radical (unpaired) electrons. The third-order valence-electron chi connectivity index (χ3n) is 3.06. The molecule has 0 spiro atoms. The second kappa shape index (κ2) is 10.6. The summed E-state index contributed by atoms with van der Waals surface area (Å²) in [5.41, 5.74) is 0. The van der Waals surface area contributed by atoms with Crippen molar-refractivity contribution < 1.29 is 21.7 Å². The molecule has 0 heterocycles. The molecule has 2 rings (SSSR count). The van der Waals surface area contributed by atoms with Crippen LogP contribution in [0.3, 0.4) is 0 Å². The van der Waals surface area contributed by atoms with Gasteiger partial charge in [0.25, 0.3) is 0 Å². The first kappa shape index (κ1) is 25.8. The largest absolute Gasteiger partial charge is 4.00 e. The Balaban J connectivity index is -0.000000270. The normalized spacial score (nSPS) is 10.2. The number of rotatable bonds is 2. The van der Waals surface area contributed by atoms with Crippen LogP contribution in [0.4, 0.5) is 0 Å². The Morgan fingerprint density at radius 1 is 0.524 bits per heavy atom. The summed E-state index contributed by atoms with van der Waals surface area (Å²) < 4.78 is 0. The van der Waals surface area contributed by atoms with Crippen molar-refractivity contribution in [1.29, 1.82) is 0 Å². The van der Waals surface area contributed by atoms with Crippen molar-refractivity contribution >= 4 is 26.5 Å². The SMILES string of the molecule is C[Si](C)(C)[c-]1cccc1.C[Si](C)(C)[c-]1cccc1.[CH3-].[CH3-].[Ti+4]. The molecule has 0 amide bonds. The molecule has 21 heavy (non-hydrogen) atoms. The standard InChI is InChI=1S/2C8H13Si.2CH3.Ti/c2*1-9(2,3)8-6-4-5-7-8;;;/h2*4-7H,1-3H3;2*1H3;/q4*-1;+4. The van der Waals surface area contributed by atoms with Crippen molar-refractivity contribution in [3.63, 3.8) is 0 Å². The fourth-order valence-electron chi connectivity index (χ4n) is 1.75. The maximum Gasteiger partial charge on any atom is 4.00 e. The van der Waals surface area contributed by atoms with E-state index < -0.39 is 16.1 Å². The predicted molar refractivity (Wildman–Crippen MR) is 103 cm³/mol. The Labute approximate surface area is 150 Å². The molecule has 0 bridgehead atoms. The molecule has 3 heteroatoms. The second-order valence-electron chi connectivity index (χ2n) is 6.85. The molecule has 0 atom stereocenters. The van der Waals surface area contributed by atoms with Crippen LogP contribution in [0.5, 0.6) is 0 Å². The van der Waals surface area contributed by atoms with E-state index in [-0.39, 0.29) is 36.6 Å². The van der Waals surface area contributed by atoms with Gasteiger partial charge in [0.2, 0.25) is 0 Å². The van der Waals surface area contributed by atoms with Crippen molar-refractivity contribution in [1.82, 2.24) is 0 Å². The van der Waals surface area contributed by atoms with Crippen molar-refractivity contribution in [2.45, 2.75) is 39.3 Å². The van der Waals surface area contributed by atoms with Crippen LogP contribution in [0.15, 0.2) is 48.5 Å². The molecule has 0 aliphatic carbocycles. The minimum atomic E-state index is -0.981. The van der Waals surface area contributed by atoms with Gasteiger partial charge in [-0.1, -0.05) is 39.3 Å². The first-order chi connectivity index (χ1) is 8.21. The molecule has 0 nitrogen and oxygen atoms in total. The summed E-state index contributed by atoms with van der Waals surface area (Å²) in [7, 11) is -1.96. The summed E-state index contributed by atoms with van der Waals surface area (Å²) >= 11 is 0. The maximum atomic E-state index is 2.36. The molecule has 0 unspecified atom stereocenters. The summed E-state index contributed by atoms with van der Waals surface area (Å²) in [4.78, 5) is 0. The van der Waals surface area contributed by atoms with E-state index in [4.69, 9.17) is 0 Å². The first-order valence-corrected chi connectivity index (χ1v) is 13.7. The van der Waals surface area contributed by atoms with Crippen LogP contribution in [0, 0.1) is 14.9 Å². The smallest absolute Gasteiger partial charge is 0.358 e. The zero-order chi connectivity index (χ0) is 13.8.